The van der Waals surface area contributed by atoms with E-state index in [1.54, 1.807) is 11.8 Å². The number of aromatic nitrogens is 3. The van der Waals surface area contributed by atoms with E-state index in [1.807, 2.05) is 18.2 Å². The number of nitrogens with zero attached hydrogens (tertiary/aromatic N) is 3. The van der Waals surface area contributed by atoms with E-state index in [-0.39, 0.29) is 5.91 Å². The molecule has 1 aliphatic rings. The van der Waals surface area contributed by atoms with Crippen molar-refractivity contribution in [1.82, 2.24) is 20.1 Å². The first-order valence-electron chi connectivity index (χ1n) is 9.67. The third-order valence-electron chi connectivity index (χ3n) is 5.09. The first-order valence-corrected chi connectivity index (χ1v) is 11.7. The number of hydrogen-bond donors (Lipinski definition) is 1. The van der Waals surface area contributed by atoms with Gasteiger partial charge in [-0.05, 0) is 43.6 Å². The lowest BCUT2D eigenvalue weighted by Crippen LogP contribution is -2.25. The van der Waals surface area contributed by atoms with Gasteiger partial charge in [0.05, 0.1) is 0 Å². The second-order valence-corrected chi connectivity index (χ2v) is 8.58. The number of carbonyl (C=O) groups excluding carboxylic acids is 1. The van der Waals surface area contributed by atoms with E-state index in [0.717, 1.165) is 34.7 Å². The Morgan fingerprint density at radius 2 is 2.04 bits per heavy atom. The number of halogens is 1. The summed E-state index contributed by atoms with van der Waals surface area (Å²) in [5.74, 6) is 1.17. The maximum absolute atomic E-state index is 12.1. The van der Waals surface area contributed by atoms with Gasteiger partial charge in [0, 0.05) is 29.9 Å². The van der Waals surface area contributed by atoms with Crippen LogP contribution in [-0.4, -0.2) is 33.5 Å². The molecule has 1 aromatic heterocycles. The standard InChI is InChI=1S/C20H27BrN4OS/c1-27-20-24-23-18(25(20)16-8-3-4-9-16)11-6-14-22-19(26)13-12-15-7-2-5-10-17(15)21/h2,5,7,10,16H,3-4,6,8-9,11-14H2,1H3,(H,22,26). The molecule has 27 heavy (non-hydrogen) atoms. The van der Waals surface area contributed by atoms with Crippen LogP contribution < -0.4 is 5.32 Å². The molecule has 1 heterocycles. The van der Waals surface area contributed by atoms with Gasteiger partial charge in [0.25, 0.3) is 0 Å². The highest BCUT2D eigenvalue weighted by Crippen LogP contribution is 2.33. The molecule has 146 valence electrons. The Bertz CT molecular complexity index is 758. The summed E-state index contributed by atoms with van der Waals surface area (Å²) in [4.78, 5) is 12.1. The minimum absolute atomic E-state index is 0.104. The molecule has 1 aromatic carbocycles. The highest BCUT2D eigenvalue weighted by molar-refractivity contribution is 9.10. The number of rotatable bonds is 9. The lowest BCUT2D eigenvalue weighted by atomic mass is 10.1. The fraction of sp³-hybridized carbons (Fsp3) is 0.550. The third kappa shape index (κ3) is 5.57. The lowest BCUT2D eigenvalue weighted by Gasteiger charge is -2.16. The normalized spacial score (nSPS) is 14.6. The monoisotopic (exact) mass is 450 g/mol. The SMILES string of the molecule is CSc1nnc(CCCNC(=O)CCc2ccccc2Br)n1C1CCCC1. The maximum atomic E-state index is 12.1. The zero-order valence-corrected chi connectivity index (χ0v) is 18.2. The van der Waals surface area contributed by atoms with Gasteiger partial charge in [-0.1, -0.05) is 58.7 Å². The molecule has 7 heteroatoms. The molecule has 3 rings (SSSR count). The Hall–Kier alpha value is -1.34. The van der Waals surface area contributed by atoms with Gasteiger partial charge in [-0.25, -0.2) is 0 Å². The van der Waals surface area contributed by atoms with E-state index in [0.29, 0.717) is 19.0 Å². The minimum atomic E-state index is 0.104. The van der Waals surface area contributed by atoms with E-state index in [9.17, 15) is 4.79 Å². The van der Waals surface area contributed by atoms with Crippen LogP contribution in [-0.2, 0) is 17.6 Å². The average molecular weight is 451 g/mol. The Balaban J connectivity index is 1.43. The van der Waals surface area contributed by atoms with Crippen LogP contribution in [0.25, 0.3) is 0 Å². The van der Waals surface area contributed by atoms with E-state index in [1.165, 1.54) is 31.2 Å². The van der Waals surface area contributed by atoms with Crippen LogP contribution in [0.3, 0.4) is 0 Å². The van der Waals surface area contributed by atoms with Crippen molar-refractivity contribution in [3.05, 3.63) is 40.1 Å². The predicted molar refractivity (Wildman–Crippen MR) is 113 cm³/mol. The van der Waals surface area contributed by atoms with Crippen molar-refractivity contribution in [2.45, 2.75) is 62.6 Å². The Kier molecular flexibility index (Phi) is 7.76. The van der Waals surface area contributed by atoms with Crippen LogP contribution in [0.1, 0.15) is 56.0 Å². The summed E-state index contributed by atoms with van der Waals surface area (Å²) in [5.41, 5.74) is 1.17. The highest BCUT2D eigenvalue weighted by atomic mass is 79.9. The quantitative estimate of drug-likeness (QED) is 0.449. The van der Waals surface area contributed by atoms with Crippen LogP contribution >= 0.6 is 27.7 Å². The number of thioether (sulfide) groups is 1. The van der Waals surface area contributed by atoms with Crippen LogP contribution in [0.2, 0.25) is 0 Å². The van der Waals surface area contributed by atoms with Crippen molar-refractivity contribution in [3.63, 3.8) is 0 Å². The molecule has 5 nitrogen and oxygen atoms in total. The Morgan fingerprint density at radius 1 is 1.26 bits per heavy atom. The molecule has 1 amide bonds. The van der Waals surface area contributed by atoms with Crippen LogP contribution in [0, 0.1) is 0 Å². The number of aryl methyl sites for hydroxylation is 2. The fourth-order valence-corrected chi connectivity index (χ4v) is 4.71. The van der Waals surface area contributed by atoms with Gasteiger partial charge < -0.3 is 9.88 Å². The van der Waals surface area contributed by atoms with Gasteiger partial charge in [-0.2, -0.15) is 0 Å². The highest BCUT2D eigenvalue weighted by Gasteiger charge is 2.23. The second-order valence-electron chi connectivity index (χ2n) is 6.96. The number of benzene rings is 1. The first-order chi connectivity index (χ1) is 13.2. The van der Waals surface area contributed by atoms with Gasteiger partial charge in [0.2, 0.25) is 5.91 Å². The van der Waals surface area contributed by atoms with Crippen LogP contribution in [0.5, 0.6) is 0 Å². The van der Waals surface area contributed by atoms with Gasteiger partial charge in [0.1, 0.15) is 5.82 Å². The lowest BCUT2D eigenvalue weighted by molar-refractivity contribution is -0.121. The minimum Gasteiger partial charge on any atom is -0.356 e. The molecule has 1 aliphatic carbocycles. The number of nitrogens with one attached hydrogen (secondary N) is 1. The molecule has 1 N–H and O–H groups in total. The topological polar surface area (TPSA) is 59.8 Å². The summed E-state index contributed by atoms with van der Waals surface area (Å²) in [5, 5.41) is 12.8. The summed E-state index contributed by atoms with van der Waals surface area (Å²) >= 11 is 5.20. The van der Waals surface area contributed by atoms with E-state index < -0.39 is 0 Å². The Morgan fingerprint density at radius 3 is 2.78 bits per heavy atom. The van der Waals surface area contributed by atoms with Gasteiger partial charge in [-0.3, -0.25) is 4.79 Å². The average Bonchev–Trinajstić information content (AvgIpc) is 3.33. The van der Waals surface area contributed by atoms with Crippen molar-refractivity contribution in [3.8, 4) is 0 Å². The molecule has 1 fully saturated rings. The second kappa shape index (κ2) is 10.3. The molecule has 0 saturated heterocycles. The molecule has 2 aromatic rings. The predicted octanol–water partition coefficient (Wildman–Crippen LogP) is 4.56. The maximum Gasteiger partial charge on any atom is 0.220 e. The van der Waals surface area contributed by atoms with Gasteiger partial charge in [0.15, 0.2) is 5.16 Å². The molecule has 0 aliphatic heterocycles. The molecule has 0 bridgehead atoms. The summed E-state index contributed by atoms with van der Waals surface area (Å²) in [6, 6.07) is 8.60. The zero-order valence-electron chi connectivity index (χ0n) is 15.8. The van der Waals surface area contributed by atoms with Crippen molar-refractivity contribution in [2.24, 2.45) is 0 Å². The van der Waals surface area contributed by atoms with Gasteiger partial charge in [-0.15, -0.1) is 10.2 Å². The summed E-state index contributed by atoms with van der Waals surface area (Å²) in [6.07, 6.45) is 10.1. The van der Waals surface area contributed by atoms with E-state index >= 15 is 0 Å². The largest absolute Gasteiger partial charge is 0.356 e. The van der Waals surface area contributed by atoms with Gasteiger partial charge >= 0.3 is 0 Å². The van der Waals surface area contributed by atoms with Crippen LogP contribution in [0.4, 0.5) is 0 Å². The molecular formula is C20H27BrN4OS. The smallest absolute Gasteiger partial charge is 0.220 e. The van der Waals surface area contributed by atoms with Crippen molar-refractivity contribution >= 4 is 33.6 Å². The van der Waals surface area contributed by atoms with E-state index in [2.05, 4.69) is 48.3 Å². The van der Waals surface area contributed by atoms with E-state index in [4.69, 9.17) is 0 Å². The summed E-state index contributed by atoms with van der Waals surface area (Å²) in [6.45, 7) is 0.681. The number of hydrogen-bond acceptors (Lipinski definition) is 4. The van der Waals surface area contributed by atoms with Crippen LogP contribution in [0.15, 0.2) is 33.9 Å². The van der Waals surface area contributed by atoms with Crippen molar-refractivity contribution in [1.29, 1.82) is 0 Å². The first kappa shape index (κ1) is 20.4. The molecule has 0 radical (unpaired) electrons. The fourth-order valence-electron chi connectivity index (χ4n) is 3.66. The molecular weight excluding hydrogens is 424 g/mol. The summed E-state index contributed by atoms with van der Waals surface area (Å²) < 4.78 is 3.40. The molecule has 0 spiro atoms. The Labute approximate surface area is 173 Å². The molecule has 0 atom stereocenters. The van der Waals surface area contributed by atoms with Crippen molar-refractivity contribution in [2.75, 3.05) is 12.8 Å². The molecule has 1 saturated carbocycles. The zero-order chi connectivity index (χ0) is 19.1. The number of carbonyl (C=O) groups is 1. The third-order valence-corrected chi connectivity index (χ3v) is 6.50. The molecule has 0 unspecified atom stereocenters. The van der Waals surface area contributed by atoms with Crippen molar-refractivity contribution < 1.29 is 4.79 Å². The summed E-state index contributed by atoms with van der Waals surface area (Å²) in [7, 11) is 0. The number of amides is 1.